The Labute approximate surface area is 157 Å². The first-order valence-corrected chi connectivity index (χ1v) is 9.84. The van der Waals surface area contributed by atoms with Crippen molar-refractivity contribution in [1.29, 1.82) is 0 Å². The van der Waals surface area contributed by atoms with Gasteiger partial charge in [0.2, 0.25) is 11.8 Å². The summed E-state index contributed by atoms with van der Waals surface area (Å²) in [5.74, 6) is -1.20. The molecule has 2 aromatic carbocycles. The van der Waals surface area contributed by atoms with Crippen LogP contribution in [-0.2, 0) is 19.4 Å². The van der Waals surface area contributed by atoms with E-state index >= 15 is 0 Å². The fourth-order valence-electron chi connectivity index (χ4n) is 2.33. The number of nitrogens with one attached hydrogen (secondary N) is 2. The van der Waals surface area contributed by atoms with Gasteiger partial charge in [-0.15, -0.1) is 0 Å². The Balaban J connectivity index is 1.98. The highest BCUT2D eigenvalue weighted by Gasteiger charge is 2.17. The Morgan fingerprint density at radius 1 is 0.889 bits per heavy atom. The third-order valence-corrected chi connectivity index (χ3v) is 5.42. The molecule has 2 rings (SSSR count). The van der Waals surface area contributed by atoms with E-state index in [1.165, 1.54) is 44.2 Å². The average Bonchev–Trinajstić information content (AvgIpc) is 2.60. The van der Waals surface area contributed by atoms with Crippen molar-refractivity contribution in [3.63, 3.8) is 0 Å². The van der Waals surface area contributed by atoms with E-state index in [-0.39, 0.29) is 28.8 Å². The molecule has 0 aromatic heterocycles. The predicted octanol–water partition coefficient (Wildman–Crippen LogP) is 2.65. The SMILES string of the molecule is CC(=O)Nc1ccc(S(=O)(=O)CCC(=O)Nc2cccc(C(C)=O)c2)cc1. The molecule has 0 bridgehead atoms. The fraction of sp³-hybridized carbons (Fsp3) is 0.211. The molecule has 0 spiro atoms. The van der Waals surface area contributed by atoms with Crippen LogP contribution >= 0.6 is 0 Å². The highest BCUT2D eigenvalue weighted by molar-refractivity contribution is 7.91. The minimum atomic E-state index is -3.64. The van der Waals surface area contributed by atoms with Crippen molar-refractivity contribution in [2.75, 3.05) is 16.4 Å². The van der Waals surface area contributed by atoms with Gasteiger partial charge in [-0.05, 0) is 43.3 Å². The molecular weight excluding hydrogens is 368 g/mol. The lowest BCUT2D eigenvalue weighted by Gasteiger charge is -2.08. The van der Waals surface area contributed by atoms with Gasteiger partial charge in [-0.2, -0.15) is 0 Å². The molecule has 0 aliphatic rings. The summed E-state index contributed by atoms with van der Waals surface area (Å²) >= 11 is 0. The fourth-order valence-corrected chi connectivity index (χ4v) is 3.57. The Hall–Kier alpha value is -3.00. The molecule has 0 atom stereocenters. The lowest BCUT2D eigenvalue weighted by Crippen LogP contribution is -2.17. The maximum absolute atomic E-state index is 12.4. The number of hydrogen-bond donors (Lipinski definition) is 2. The van der Waals surface area contributed by atoms with Crippen LogP contribution in [0.4, 0.5) is 11.4 Å². The molecule has 0 radical (unpaired) electrons. The molecule has 2 amide bonds. The van der Waals surface area contributed by atoms with Gasteiger partial charge in [0.15, 0.2) is 15.6 Å². The van der Waals surface area contributed by atoms with Crippen LogP contribution in [0.25, 0.3) is 0 Å². The van der Waals surface area contributed by atoms with Gasteiger partial charge in [0.25, 0.3) is 0 Å². The third kappa shape index (κ3) is 6.03. The average molecular weight is 388 g/mol. The molecule has 0 saturated carbocycles. The number of carbonyl (C=O) groups excluding carboxylic acids is 3. The van der Waals surface area contributed by atoms with E-state index < -0.39 is 15.7 Å². The van der Waals surface area contributed by atoms with Crippen LogP contribution in [-0.4, -0.2) is 31.8 Å². The Morgan fingerprint density at radius 2 is 1.56 bits per heavy atom. The van der Waals surface area contributed by atoms with Crippen LogP contribution in [0.5, 0.6) is 0 Å². The first kappa shape index (κ1) is 20.3. The molecule has 2 N–H and O–H groups in total. The number of amides is 2. The summed E-state index contributed by atoms with van der Waals surface area (Å²) in [5, 5.41) is 5.14. The quantitative estimate of drug-likeness (QED) is 0.709. The summed E-state index contributed by atoms with van der Waals surface area (Å²) in [6.07, 6.45) is -0.222. The second kappa shape index (κ2) is 8.59. The van der Waals surface area contributed by atoms with E-state index in [0.717, 1.165) is 0 Å². The maximum Gasteiger partial charge on any atom is 0.225 e. The number of Topliss-reactive ketones (excluding diaryl/α,β-unsaturated/α-hetero) is 1. The van der Waals surface area contributed by atoms with Gasteiger partial charge in [-0.1, -0.05) is 12.1 Å². The molecule has 0 saturated heterocycles. The number of hydrogen-bond acceptors (Lipinski definition) is 5. The van der Waals surface area contributed by atoms with Crippen LogP contribution in [0.1, 0.15) is 30.6 Å². The third-order valence-electron chi connectivity index (χ3n) is 3.68. The second-order valence-corrected chi connectivity index (χ2v) is 8.07. The first-order valence-electron chi connectivity index (χ1n) is 8.18. The van der Waals surface area contributed by atoms with Gasteiger partial charge in [-0.25, -0.2) is 8.42 Å². The Bertz CT molecular complexity index is 966. The van der Waals surface area contributed by atoms with Gasteiger partial charge in [0, 0.05) is 30.3 Å². The Kier molecular flexibility index (Phi) is 6.46. The number of rotatable bonds is 7. The van der Waals surface area contributed by atoms with Crippen molar-refractivity contribution in [2.24, 2.45) is 0 Å². The zero-order valence-corrected chi connectivity index (χ0v) is 15.8. The lowest BCUT2D eigenvalue weighted by atomic mass is 10.1. The molecule has 0 heterocycles. The van der Waals surface area contributed by atoms with Gasteiger partial charge in [-0.3, -0.25) is 14.4 Å². The smallest absolute Gasteiger partial charge is 0.225 e. The highest BCUT2D eigenvalue weighted by atomic mass is 32.2. The molecule has 0 aliphatic heterocycles. The van der Waals surface area contributed by atoms with Crippen molar-refractivity contribution in [2.45, 2.75) is 25.2 Å². The zero-order valence-electron chi connectivity index (χ0n) is 15.0. The highest BCUT2D eigenvalue weighted by Crippen LogP contribution is 2.17. The molecule has 0 fully saturated rings. The van der Waals surface area contributed by atoms with Crippen LogP contribution in [0.15, 0.2) is 53.4 Å². The van der Waals surface area contributed by atoms with Gasteiger partial charge in [0.1, 0.15) is 0 Å². The molecule has 27 heavy (non-hydrogen) atoms. The molecular formula is C19H20N2O5S. The standard InChI is InChI=1S/C19H20N2O5S/c1-13(22)15-4-3-5-17(12-15)21-19(24)10-11-27(25,26)18-8-6-16(7-9-18)20-14(2)23/h3-9,12H,10-11H2,1-2H3,(H,20,23)(H,21,24). The van der Waals surface area contributed by atoms with Crippen molar-refractivity contribution < 1.29 is 22.8 Å². The van der Waals surface area contributed by atoms with E-state index in [1.54, 1.807) is 18.2 Å². The summed E-state index contributed by atoms with van der Waals surface area (Å²) in [7, 11) is -3.64. The van der Waals surface area contributed by atoms with E-state index in [4.69, 9.17) is 0 Å². The zero-order chi connectivity index (χ0) is 20.0. The molecule has 0 unspecified atom stereocenters. The number of carbonyl (C=O) groups is 3. The minimum absolute atomic E-state index is 0.0722. The summed E-state index contributed by atoms with van der Waals surface area (Å²) < 4.78 is 24.7. The Morgan fingerprint density at radius 3 is 2.15 bits per heavy atom. The van der Waals surface area contributed by atoms with Gasteiger partial charge >= 0.3 is 0 Å². The number of benzene rings is 2. The van der Waals surface area contributed by atoms with E-state index in [9.17, 15) is 22.8 Å². The molecule has 7 nitrogen and oxygen atoms in total. The minimum Gasteiger partial charge on any atom is -0.326 e. The van der Waals surface area contributed by atoms with E-state index in [1.807, 2.05) is 0 Å². The summed E-state index contributed by atoms with van der Waals surface area (Å²) in [5.41, 5.74) is 1.38. The maximum atomic E-state index is 12.4. The van der Waals surface area contributed by atoms with Crippen LogP contribution in [0, 0.1) is 0 Å². The van der Waals surface area contributed by atoms with Crippen molar-refractivity contribution in [3.05, 3.63) is 54.1 Å². The molecule has 2 aromatic rings. The second-order valence-electron chi connectivity index (χ2n) is 5.96. The van der Waals surface area contributed by atoms with Crippen molar-refractivity contribution in [3.8, 4) is 0 Å². The summed E-state index contributed by atoms with van der Waals surface area (Å²) in [4.78, 5) is 34.5. The van der Waals surface area contributed by atoms with Crippen molar-refractivity contribution in [1.82, 2.24) is 0 Å². The van der Waals surface area contributed by atoms with Gasteiger partial charge < -0.3 is 10.6 Å². The first-order chi connectivity index (χ1) is 12.7. The molecule has 0 aliphatic carbocycles. The topological polar surface area (TPSA) is 109 Å². The van der Waals surface area contributed by atoms with Crippen LogP contribution in [0.3, 0.4) is 0 Å². The van der Waals surface area contributed by atoms with Crippen molar-refractivity contribution >= 4 is 38.8 Å². The summed E-state index contributed by atoms with van der Waals surface area (Å²) in [6.45, 7) is 2.78. The predicted molar refractivity (Wildman–Crippen MR) is 102 cm³/mol. The van der Waals surface area contributed by atoms with Crippen LogP contribution < -0.4 is 10.6 Å². The lowest BCUT2D eigenvalue weighted by molar-refractivity contribution is -0.116. The monoisotopic (exact) mass is 388 g/mol. The molecule has 8 heteroatoms. The van der Waals surface area contributed by atoms with Gasteiger partial charge in [0.05, 0.1) is 10.6 Å². The normalized spacial score (nSPS) is 10.9. The number of ketones is 1. The van der Waals surface area contributed by atoms with E-state index in [0.29, 0.717) is 16.9 Å². The number of anilines is 2. The largest absolute Gasteiger partial charge is 0.326 e. The number of sulfone groups is 1. The summed E-state index contributed by atoms with van der Waals surface area (Å²) in [6, 6.07) is 12.2. The van der Waals surface area contributed by atoms with Crippen LogP contribution in [0.2, 0.25) is 0 Å². The van der Waals surface area contributed by atoms with E-state index in [2.05, 4.69) is 10.6 Å². The molecule has 142 valence electrons.